The number of nitrogens with two attached hydrogens (primary N) is 1. The third-order valence-electron chi connectivity index (χ3n) is 8.89. The quantitative estimate of drug-likeness (QED) is 0.148. The van der Waals surface area contributed by atoms with Crippen LogP contribution in [0.25, 0.3) is 11.0 Å². The SMILES string of the molecule is CC1(C)CCc2c(Nc3nc(Cl)c(C#N)cc3F)cccc21.CC1(C)CCc2c(Nc3nc4n[nH]c(N)c4cc3F)cccc21. The molecule has 0 unspecified atom stereocenters. The van der Waals surface area contributed by atoms with Crippen LogP contribution in [0, 0.1) is 23.0 Å². The van der Waals surface area contributed by atoms with E-state index in [1.165, 1.54) is 28.3 Å². The van der Waals surface area contributed by atoms with Crippen LogP contribution in [-0.4, -0.2) is 20.2 Å². The third kappa shape index (κ3) is 5.64. The van der Waals surface area contributed by atoms with Crippen molar-refractivity contribution in [3.63, 3.8) is 0 Å². The number of nitrogens with zero attached hydrogens (tertiary/aromatic N) is 4. The maximum atomic E-state index is 14.3. The molecule has 0 radical (unpaired) electrons. The first-order chi connectivity index (χ1) is 21.4. The van der Waals surface area contributed by atoms with Crippen LogP contribution in [0.3, 0.4) is 0 Å². The van der Waals surface area contributed by atoms with Gasteiger partial charge in [-0.05, 0) is 83.0 Å². The second-order valence-corrected chi connectivity index (χ2v) is 13.1. The molecule has 0 spiro atoms. The van der Waals surface area contributed by atoms with E-state index < -0.39 is 11.6 Å². The van der Waals surface area contributed by atoms with Gasteiger partial charge in [0.1, 0.15) is 17.0 Å². The standard InChI is InChI=1S/C17H15ClFN3.C17H18FN5/c1-17(2)7-6-11-12(17)4-3-5-14(11)21-16-13(19)8-10(9-20)15(18)22-16;1-17(2)7-6-9-11(17)4-3-5-13(9)20-16-12(18)8-10-14(19)22-23-15(10)21-16/h3-5,8H,6-7H2,1-2H3,(H,21,22);3-5,8H,6-7H2,1-2H3,(H4,19,20,21,22,23). The van der Waals surface area contributed by atoms with Gasteiger partial charge in [-0.3, -0.25) is 5.10 Å². The molecule has 8 nitrogen and oxygen atoms in total. The number of nitriles is 1. The highest BCUT2D eigenvalue weighted by Crippen LogP contribution is 2.43. The zero-order valence-corrected chi connectivity index (χ0v) is 26.2. The summed E-state index contributed by atoms with van der Waals surface area (Å²) in [5, 5.41) is 22.1. The van der Waals surface area contributed by atoms with E-state index in [0.717, 1.165) is 43.1 Å². The van der Waals surface area contributed by atoms with Gasteiger partial charge < -0.3 is 16.4 Å². The Morgan fingerprint density at radius 3 is 1.96 bits per heavy atom. The van der Waals surface area contributed by atoms with E-state index in [-0.39, 0.29) is 33.2 Å². The van der Waals surface area contributed by atoms with Crippen LogP contribution in [0.15, 0.2) is 48.5 Å². The van der Waals surface area contributed by atoms with Gasteiger partial charge in [0.25, 0.3) is 0 Å². The molecule has 2 aromatic carbocycles. The first kappa shape index (κ1) is 30.3. The molecule has 0 aliphatic heterocycles. The summed E-state index contributed by atoms with van der Waals surface area (Å²) in [5.74, 6) is -0.499. The van der Waals surface area contributed by atoms with Crippen molar-refractivity contribution in [1.29, 1.82) is 5.26 Å². The summed E-state index contributed by atoms with van der Waals surface area (Å²) in [6.45, 7) is 8.89. The van der Waals surface area contributed by atoms with Crippen molar-refractivity contribution in [2.24, 2.45) is 0 Å². The molecule has 230 valence electrons. The Bertz CT molecular complexity index is 1990. The highest BCUT2D eigenvalue weighted by atomic mass is 35.5. The largest absolute Gasteiger partial charge is 0.384 e. The van der Waals surface area contributed by atoms with Crippen molar-refractivity contribution < 1.29 is 8.78 Å². The Morgan fingerprint density at radius 2 is 1.40 bits per heavy atom. The lowest BCUT2D eigenvalue weighted by Crippen LogP contribution is -2.11. The molecule has 7 rings (SSSR count). The molecule has 11 heteroatoms. The highest BCUT2D eigenvalue weighted by Gasteiger charge is 2.32. The van der Waals surface area contributed by atoms with E-state index in [1.807, 2.05) is 30.3 Å². The van der Waals surface area contributed by atoms with Gasteiger partial charge in [0.2, 0.25) is 0 Å². The molecule has 45 heavy (non-hydrogen) atoms. The summed E-state index contributed by atoms with van der Waals surface area (Å²) in [6.07, 6.45) is 4.07. The Kier molecular flexibility index (Phi) is 7.61. The second-order valence-electron chi connectivity index (χ2n) is 12.8. The number of hydrogen-bond donors (Lipinski definition) is 4. The van der Waals surface area contributed by atoms with Crippen LogP contribution in [0.4, 0.5) is 37.6 Å². The average molecular weight is 627 g/mol. The number of rotatable bonds is 4. The van der Waals surface area contributed by atoms with E-state index in [2.05, 4.69) is 70.6 Å². The van der Waals surface area contributed by atoms with Gasteiger partial charge in [0, 0.05) is 11.4 Å². The zero-order chi connectivity index (χ0) is 32.1. The van der Waals surface area contributed by atoms with Gasteiger partial charge in [-0.15, -0.1) is 0 Å². The van der Waals surface area contributed by atoms with E-state index >= 15 is 0 Å². The predicted molar refractivity (Wildman–Crippen MR) is 174 cm³/mol. The number of halogens is 3. The van der Waals surface area contributed by atoms with Crippen LogP contribution in [0.5, 0.6) is 0 Å². The number of pyridine rings is 2. The van der Waals surface area contributed by atoms with Crippen LogP contribution in [0.2, 0.25) is 5.15 Å². The van der Waals surface area contributed by atoms with E-state index in [1.54, 1.807) is 0 Å². The molecule has 0 saturated carbocycles. The Balaban J connectivity index is 0.000000159. The molecule has 2 aliphatic carbocycles. The minimum absolute atomic E-state index is 0.000642. The predicted octanol–water partition coefficient (Wildman–Crippen LogP) is 8.36. The van der Waals surface area contributed by atoms with Gasteiger partial charge in [-0.2, -0.15) is 10.4 Å². The first-order valence-corrected chi connectivity index (χ1v) is 15.1. The number of nitrogen functional groups attached to an aromatic ring is 1. The summed E-state index contributed by atoms with van der Waals surface area (Å²) >= 11 is 5.89. The fourth-order valence-electron chi connectivity index (χ4n) is 6.27. The topological polar surface area (TPSA) is 128 Å². The number of hydrogen-bond acceptors (Lipinski definition) is 7. The monoisotopic (exact) mass is 626 g/mol. The Labute approximate surface area is 265 Å². The molecule has 0 amide bonds. The second kappa shape index (κ2) is 11.3. The number of anilines is 5. The number of aromatic amines is 1. The van der Waals surface area contributed by atoms with Crippen LogP contribution < -0.4 is 16.4 Å². The van der Waals surface area contributed by atoms with Gasteiger partial charge >= 0.3 is 0 Å². The van der Waals surface area contributed by atoms with Crippen molar-refractivity contribution in [1.82, 2.24) is 20.2 Å². The zero-order valence-electron chi connectivity index (χ0n) is 25.4. The Hall–Kier alpha value is -4.75. The molecule has 2 aliphatic rings. The molecule has 0 saturated heterocycles. The third-order valence-corrected chi connectivity index (χ3v) is 9.18. The minimum Gasteiger partial charge on any atom is -0.384 e. The van der Waals surface area contributed by atoms with E-state index in [9.17, 15) is 8.78 Å². The smallest absolute Gasteiger partial charge is 0.185 e. The van der Waals surface area contributed by atoms with E-state index in [0.29, 0.717) is 16.9 Å². The lowest BCUT2D eigenvalue weighted by molar-refractivity contribution is 0.522. The summed E-state index contributed by atoms with van der Waals surface area (Å²) < 4.78 is 28.4. The lowest BCUT2D eigenvalue weighted by atomic mass is 9.86. The summed E-state index contributed by atoms with van der Waals surface area (Å²) in [6, 6.07) is 16.4. The summed E-state index contributed by atoms with van der Waals surface area (Å²) in [4.78, 5) is 8.20. The van der Waals surface area contributed by atoms with Crippen molar-refractivity contribution in [2.45, 2.75) is 64.2 Å². The molecular formula is C34H33ClF2N8. The summed E-state index contributed by atoms with van der Waals surface area (Å²) in [7, 11) is 0. The maximum absolute atomic E-state index is 14.3. The highest BCUT2D eigenvalue weighted by molar-refractivity contribution is 6.30. The van der Waals surface area contributed by atoms with Crippen molar-refractivity contribution in [3.8, 4) is 6.07 Å². The number of nitrogens with one attached hydrogen (secondary N) is 3. The molecule has 0 fully saturated rings. The van der Waals surface area contributed by atoms with Gasteiger partial charge in [0.15, 0.2) is 28.9 Å². The van der Waals surface area contributed by atoms with Crippen molar-refractivity contribution >= 4 is 51.5 Å². The number of aromatic nitrogens is 4. The normalized spacial score (nSPS) is 15.5. The van der Waals surface area contributed by atoms with Crippen molar-refractivity contribution in [2.75, 3.05) is 16.4 Å². The Morgan fingerprint density at radius 1 is 0.867 bits per heavy atom. The van der Waals surface area contributed by atoms with Crippen LogP contribution in [0.1, 0.15) is 68.4 Å². The first-order valence-electron chi connectivity index (χ1n) is 14.7. The van der Waals surface area contributed by atoms with Crippen molar-refractivity contribution in [3.05, 3.63) is 93.1 Å². The summed E-state index contributed by atoms with van der Waals surface area (Å²) in [5.41, 5.74) is 13.2. The van der Waals surface area contributed by atoms with Gasteiger partial charge in [-0.1, -0.05) is 63.6 Å². The van der Waals surface area contributed by atoms with E-state index in [4.69, 9.17) is 22.6 Å². The number of benzene rings is 2. The fourth-order valence-corrected chi connectivity index (χ4v) is 6.45. The molecular weight excluding hydrogens is 594 g/mol. The molecule has 3 heterocycles. The molecule has 5 N–H and O–H groups in total. The fraction of sp³-hybridized carbons (Fsp3) is 0.294. The van der Waals surface area contributed by atoms with Gasteiger partial charge in [-0.25, -0.2) is 18.7 Å². The van der Waals surface area contributed by atoms with Gasteiger partial charge in [0.05, 0.1) is 10.9 Å². The molecule has 0 atom stereocenters. The average Bonchev–Trinajstić information content (AvgIpc) is 3.63. The molecule has 5 aromatic rings. The van der Waals surface area contributed by atoms with Crippen LogP contribution >= 0.6 is 11.6 Å². The maximum Gasteiger partial charge on any atom is 0.185 e. The lowest BCUT2D eigenvalue weighted by Gasteiger charge is -2.19. The van der Waals surface area contributed by atoms with Crippen LogP contribution in [-0.2, 0) is 23.7 Å². The molecule has 0 bridgehead atoms. The number of fused-ring (bicyclic) bond motifs is 3. The molecule has 3 aromatic heterocycles. The number of H-pyrrole nitrogens is 1. The minimum atomic E-state index is -0.587.